The molecule has 1 atom stereocenters. The van der Waals surface area contributed by atoms with Gasteiger partial charge in [0, 0.05) is 31.7 Å². The zero-order chi connectivity index (χ0) is 16.9. The van der Waals surface area contributed by atoms with Crippen LogP contribution in [0.4, 0.5) is 10.6 Å². The molecule has 6 nitrogen and oxygen atoms in total. The first-order valence-electron chi connectivity index (χ1n) is 8.44. The first-order chi connectivity index (χ1) is 11.7. The molecule has 0 saturated heterocycles. The maximum Gasteiger partial charge on any atom is 0.320 e. The van der Waals surface area contributed by atoms with Crippen molar-refractivity contribution in [3.8, 4) is 0 Å². The van der Waals surface area contributed by atoms with Gasteiger partial charge >= 0.3 is 6.03 Å². The molecule has 24 heavy (non-hydrogen) atoms. The van der Waals surface area contributed by atoms with E-state index in [1.54, 1.807) is 13.0 Å². The molecule has 0 saturated carbocycles. The average Bonchev–Trinajstić information content (AvgIpc) is 3.00. The molecule has 2 heterocycles. The van der Waals surface area contributed by atoms with E-state index in [-0.39, 0.29) is 6.03 Å². The molecule has 1 aliphatic heterocycles. The molecular weight excluding hydrogens is 304 g/mol. The van der Waals surface area contributed by atoms with E-state index >= 15 is 0 Å². The maximum absolute atomic E-state index is 12.0. The number of hydrogen-bond acceptors (Lipinski definition) is 4. The summed E-state index contributed by atoms with van der Waals surface area (Å²) >= 11 is 0. The van der Waals surface area contributed by atoms with Gasteiger partial charge in [-0.15, -0.1) is 0 Å². The molecule has 3 rings (SSSR count). The first-order valence-corrected chi connectivity index (χ1v) is 8.44. The molecule has 1 aromatic heterocycles. The van der Waals surface area contributed by atoms with Gasteiger partial charge in [-0.1, -0.05) is 36.3 Å². The summed E-state index contributed by atoms with van der Waals surface area (Å²) in [6.45, 7) is 6.53. The van der Waals surface area contributed by atoms with Crippen LogP contribution in [0.3, 0.4) is 0 Å². The predicted molar refractivity (Wildman–Crippen MR) is 92.9 cm³/mol. The first kappa shape index (κ1) is 16.5. The normalized spacial score (nSPS) is 15.6. The van der Waals surface area contributed by atoms with E-state index in [0.717, 1.165) is 25.9 Å². The fourth-order valence-corrected chi connectivity index (χ4v) is 3.16. The van der Waals surface area contributed by atoms with Crippen LogP contribution in [0.5, 0.6) is 0 Å². The van der Waals surface area contributed by atoms with Crippen molar-refractivity contribution in [2.24, 2.45) is 0 Å². The van der Waals surface area contributed by atoms with E-state index in [2.05, 4.69) is 51.9 Å². The standard InChI is InChI=1S/C18H24N4O2/c1-3-16(11-19-18(23)20-17-10-13(2)24-21-17)22-9-8-14-6-4-5-7-15(14)12-22/h4-7,10,16H,3,8-9,11-12H2,1-2H3,(H2,19,20,21,23). The second kappa shape index (κ2) is 7.49. The molecular formula is C18H24N4O2. The highest BCUT2D eigenvalue weighted by molar-refractivity contribution is 5.88. The molecule has 2 amide bonds. The Morgan fingerprint density at radius 3 is 2.88 bits per heavy atom. The third-order valence-electron chi connectivity index (χ3n) is 4.52. The monoisotopic (exact) mass is 328 g/mol. The number of hydrogen-bond donors (Lipinski definition) is 2. The predicted octanol–water partition coefficient (Wildman–Crippen LogP) is 2.94. The van der Waals surface area contributed by atoms with Crippen LogP contribution in [0, 0.1) is 6.92 Å². The van der Waals surface area contributed by atoms with Gasteiger partial charge in [0.25, 0.3) is 0 Å². The maximum atomic E-state index is 12.0. The van der Waals surface area contributed by atoms with Crippen LogP contribution in [-0.4, -0.2) is 35.2 Å². The molecule has 128 valence electrons. The minimum atomic E-state index is -0.251. The van der Waals surface area contributed by atoms with E-state index < -0.39 is 0 Å². The van der Waals surface area contributed by atoms with Gasteiger partial charge in [0.05, 0.1) is 0 Å². The summed E-state index contributed by atoms with van der Waals surface area (Å²) < 4.78 is 4.94. The zero-order valence-corrected chi connectivity index (χ0v) is 14.2. The molecule has 0 radical (unpaired) electrons. The van der Waals surface area contributed by atoms with E-state index in [0.29, 0.717) is 24.2 Å². The molecule has 1 aromatic carbocycles. The second-order valence-electron chi connectivity index (χ2n) is 6.21. The lowest BCUT2D eigenvalue weighted by molar-refractivity contribution is 0.170. The number of nitrogens with one attached hydrogen (secondary N) is 2. The Morgan fingerprint density at radius 1 is 1.38 bits per heavy atom. The van der Waals surface area contributed by atoms with Crippen molar-refractivity contribution in [3.05, 3.63) is 47.2 Å². The van der Waals surface area contributed by atoms with Gasteiger partial charge in [0.2, 0.25) is 0 Å². The van der Waals surface area contributed by atoms with Gasteiger partial charge in [-0.3, -0.25) is 10.2 Å². The summed E-state index contributed by atoms with van der Waals surface area (Å²) in [4.78, 5) is 14.4. The smallest absolute Gasteiger partial charge is 0.320 e. The molecule has 0 aliphatic carbocycles. The van der Waals surface area contributed by atoms with Crippen LogP contribution >= 0.6 is 0 Å². The molecule has 0 bridgehead atoms. The summed E-state index contributed by atoms with van der Waals surface area (Å²) in [7, 11) is 0. The molecule has 1 unspecified atom stereocenters. The van der Waals surface area contributed by atoms with Crippen molar-refractivity contribution in [2.75, 3.05) is 18.4 Å². The zero-order valence-electron chi connectivity index (χ0n) is 14.2. The van der Waals surface area contributed by atoms with Crippen molar-refractivity contribution in [1.82, 2.24) is 15.4 Å². The van der Waals surface area contributed by atoms with Crippen molar-refractivity contribution < 1.29 is 9.32 Å². The van der Waals surface area contributed by atoms with Gasteiger partial charge in [0.15, 0.2) is 5.82 Å². The molecule has 6 heteroatoms. The largest absolute Gasteiger partial charge is 0.360 e. The molecule has 2 aromatic rings. The molecule has 0 fully saturated rings. The molecule has 2 N–H and O–H groups in total. The fourth-order valence-electron chi connectivity index (χ4n) is 3.16. The minimum Gasteiger partial charge on any atom is -0.360 e. The van der Waals surface area contributed by atoms with Gasteiger partial charge in [0.1, 0.15) is 5.76 Å². The average molecular weight is 328 g/mol. The third-order valence-corrected chi connectivity index (χ3v) is 4.52. The van der Waals surface area contributed by atoms with Gasteiger partial charge < -0.3 is 9.84 Å². The van der Waals surface area contributed by atoms with E-state index in [1.807, 2.05) is 0 Å². The lowest BCUT2D eigenvalue weighted by Gasteiger charge is -2.35. The number of rotatable bonds is 5. The van der Waals surface area contributed by atoms with Crippen molar-refractivity contribution in [2.45, 2.75) is 39.3 Å². The van der Waals surface area contributed by atoms with Crippen LogP contribution in [0.15, 0.2) is 34.9 Å². The number of amides is 2. The topological polar surface area (TPSA) is 70.4 Å². The highest BCUT2D eigenvalue weighted by atomic mass is 16.5. The Hall–Kier alpha value is -2.34. The number of nitrogens with zero attached hydrogens (tertiary/aromatic N) is 2. The summed E-state index contributed by atoms with van der Waals surface area (Å²) in [5.41, 5.74) is 2.83. The number of fused-ring (bicyclic) bond motifs is 1. The van der Waals surface area contributed by atoms with E-state index in [9.17, 15) is 4.79 Å². The number of carbonyl (C=O) groups excluding carboxylic acids is 1. The van der Waals surface area contributed by atoms with Crippen molar-refractivity contribution in [1.29, 1.82) is 0 Å². The summed E-state index contributed by atoms with van der Waals surface area (Å²) in [5, 5.41) is 9.39. The van der Waals surface area contributed by atoms with Crippen LogP contribution in [0.1, 0.15) is 30.2 Å². The fraction of sp³-hybridized carbons (Fsp3) is 0.444. The van der Waals surface area contributed by atoms with Gasteiger partial charge in [-0.2, -0.15) is 0 Å². The number of benzene rings is 1. The Bertz CT molecular complexity index is 698. The number of carbonyl (C=O) groups is 1. The lowest BCUT2D eigenvalue weighted by Crippen LogP contribution is -2.46. The van der Waals surface area contributed by atoms with Gasteiger partial charge in [-0.25, -0.2) is 4.79 Å². The lowest BCUT2D eigenvalue weighted by atomic mass is 9.98. The number of aryl methyl sites for hydroxylation is 1. The van der Waals surface area contributed by atoms with E-state index in [1.165, 1.54) is 11.1 Å². The number of aromatic nitrogens is 1. The van der Waals surface area contributed by atoms with Crippen molar-refractivity contribution >= 4 is 11.8 Å². The summed E-state index contributed by atoms with van der Waals surface area (Å²) in [5.74, 6) is 1.11. The highest BCUT2D eigenvalue weighted by Gasteiger charge is 2.22. The number of urea groups is 1. The Labute approximate surface area is 142 Å². The van der Waals surface area contributed by atoms with Gasteiger partial charge in [-0.05, 0) is 30.9 Å². The van der Waals surface area contributed by atoms with Crippen LogP contribution in [-0.2, 0) is 13.0 Å². The molecule has 0 spiro atoms. The summed E-state index contributed by atoms with van der Waals surface area (Å²) in [6.07, 6.45) is 2.06. The Kier molecular flexibility index (Phi) is 5.15. The van der Waals surface area contributed by atoms with Crippen LogP contribution in [0.2, 0.25) is 0 Å². The highest BCUT2D eigenvalue weighted by Crippen LogP contribution is 2.21. The Morgan fingerprint density at radius 2 is 2.17 bits per heavy atom. The second-order valence-corrected chi connectivity index (χ2v) is 6.21. The third kappa shape index (κ3) is 3.94. The number of anilines is 1. The SMILES string of the molecule is CCC(CNC(=O)Nc1cc(C)on1)N1CCc2ccccc2C1. The summed E-state index contributed by atoms with van der Waals surface area (Å²) in [6, 6.07) is 10.4. The van der Waals surface area contributed by atoms with Crippen molar-refractivity contribution in [3.63, 3.8) is 0 Å². The van der Waals surface area contributed by atoms with E-state index in [4.69, 9.17) is 4.52 Å². The minimum absolute atomic E-state index is 0.251. The van der Waals surface area contributed by atoms with Crippen LogP contribution in [0.25, 0.3) is 0 Å². The Balaban J connectivity index is 1.52. The molecule has 1 aliphatic rings. The quantitative estimate of drug-likeness (QED) is 0.885. The van der Waals surface area contributed by atoms with Crippen LogP contribution < -0.4 is 10.6 Å².